The molecule has 0 atom stereocenters. The van der Waals surface area contributed by atoms with Crippen molar-refractivity contribution in [2.75, 3.05) is 55.8 Å². The number of ether oxygens (including phenoxy) is 1. The number of fused-ring (bicyclic) bond motifs is 1. The minimum atomic E-state index is 0.308. The van der Waals surface area contributed by atoms with E-state index in [1.165, 1.54) is 32.1 Å². The molecule has 2 fully saturated rings. The number of hydrogen-bond donors (Lipinski definition) is 3. The Kier molecular flexibility index (Phi) is 6.83. The van der Waals surface area contributed by atoms with Crippen LogP contribution in [-0.2, 0) is 4.74 Å². The monoisotopic (exact) mass is 447 g/mol. The molecule has 2 aliphatic rings. The van der Waals surface area contributed by atoms with Crippen molar-refractivity contribution in [3.05, 3.63) is 36.5 Å². The summed E-state index contributed by atoms with van der Waals surface area (Å²) in [4.78, 5) is 16.0. The lowest BCUT2D eigenvalue weighted by Crippen LogP contribution is -2.39. The summed E-state index contributed by atoms with van der Waals surface area (Å²) in [6, 6.07) is 10.8. The quantitative estimate of drug-likeness (QED) is 0.503. The molecule has 33 heavy (non-hydrogen) atoms. The van der Waals surface area contributed by atoms with Gasteiger partial charge in [0.05, 0.1) is 18.7 Å². The van der Waals surface area contributed by atoms with Gasteiger partial charge in [0.1, 0.15) is 11.6 Å². The number of pyridine rings is 1. The Morgan fingerprint density at radius 3 is 2.61 bits per heavy atom. The third-order valence-electron chi connectivity index (χ3n) is 6.59. The van der Waals surface area contributed by atoms with Crippen LogP contribution in [0.1, 0.15) is 32.1 Å². The van der Waals surface area contributed by atoms with Crippen LogP contribution in [0.15, 0.2) is 36.5 Å². The number of aromatic nitrogens is 3. The van der Waals surface area contributed by atoms with Gasteiger partial charge in [-0.05, 0) is 42.7 Å². The standard InChI is InChI=1S/C25H33N7O/c26-25-30-22-8-6-18(16-21(22)24(31-25)29-20-4-2-1-3-5-20)19-7-9-23(28-17-19)27-10-11-32-12-14-33-15-13-32/h6-9,16-17,20H,1-5,10-15H2,(H,27,28)(H3,26,29,30,31). The molecule has 4 N–H and O–H groups in total. The predicted molar refractivity (Wildman–Crippen MR) is 133 cm³/mol. The highest BCUT2D eigenvalue weighted by Gasteiger charge is 2.16. The molecule has 3 heterocycles. The van der Waals surface area contributed by atoms with E-state index in [0.29, 0.717) is 12.0 Å². The molecule has 5 rings (SSSR count). The molecule has 0 amide bonds. The van der Waals surface area contributed by atoms with Crippen molar-refractivity contribution in [2.24, 2.45) is 0 Å². The van der Waals surface area contributed by atoms with Gasteiger partial charge in [-0.1, -0.05) is 25.3 Å². The number of benzene rings is 1. The van der Waals surface area contributed by atoms with Gasteiger partial charge < -0.3 is 21.1 Å². The molecule has 1 saturated heterocycles. The van der Waals surface area contributed by atoms with Crippen LogP contribution in [0, 0.1) is 0 Å². The van der Waals surface area contributed by atoms with Gasteiger partial charge in [-0.3, -0.25) is 4.90 Å². The van der Waals surface area contributed by atoms with Gasteiger partial charge in [-0.25, -0.2) is 9.97 Å². The first-order chi connectivity index (χ1) is 16.2. The van der Waals surface area contributed by atoms with E-state index in [4.69, 9.17) is 10.5 Å². The first kappa shape index (κ1) is 21.9. The van der Waals surface area contributed by atoms with E-state index < -0.39 is 0 Å². The minimum Gasteiger partial charge on any atom is -0.379 e. The van der Waals surface area contributed by atoms with Gasteiger partial charge in [0.25, 0.3) is 0 Å². The summed E-state index contributed by atoms with van der Waals surface area (Å²) in [7, 11) is 0. The smallest absolute Gasteiger partial charge is 0.222 e. The van der Waals surface area contributed by atoms with E-state index in [0.717, 1.165) is 73.1 Å². The molecule has 1 aliphatic carbocycles. The van der Waals surface area contributed by atoms with Crippen LogP contribution in [0.25, 0.3) is 22.0 Å². The number of nitrogens with two attached hydrogens (primary N) is 1. The molecule has 1 aliphatic heterocycles. The largest absolute Gasteiger partial charge is 0.379 e. The van der Waals surface area contributed by atoms with Crippen molar-refractivity contribution in [3.63, 3.8) is 0 Å². The Bertz CT molecular complexity index is 1060. The molecule has 2 aromatic heterocycles. The summed E-state index contributed by atoms with van der Waals surface area (Å²) in [6.07, 6.45) is 8.12. The van der Waals surface area contributed by atoms with Crippen molar-refractivity contribution >= 4 is 28.5 Å². The average molecular weight is 448 g/mol. The summed E-state index contributed by atoms with van der Waals surface area (Å²) >= 11 is 0. The second-order valence-electron chi connectivity index (χ2n) is 8.95. The molecular weight excluding hydrogens is 414 g/mol. The van der Waals surface area contributed by atoms with Gasteiger partial charge in [0.2, 0.25) is 5.95 Å². The third kappa shape index (κ3) is 5.51. The summed E-state index contributed by atoms with van der Waals surface area (Å²) in [6.45, 7) is 5.53. The third-order valence-corrected chi connectivity index (χ3v) is 6.59. The molecule has 174 valence electrons. The van der Waals surface area contributed by atoms with E-state index in [9.17, 15) is 0 Å². The minimum absolute atomic E-state index is 0.308. The highest BCUT2D eigenvalue weighted by Crippen LogP contribution is 2.30. The normalized spacial score (nSPS) is 17.8. The fraction of sp³-hybridized carbons (Fsp3) is 0.480. The predicted octanol–water partition coefficient (Wildman–Crippen LogP) is 3.76. The summed E-state index contributed by atoms with van der Waals surface area (Å²) in [5.74, 6) is 2.03. The van der Waals surface area contributed by atoms with Crippen molar-refractivity contribution in [1.29, 1.82) is 0 Å². The summed E-state index contributed by atoms with van der Waals surface area (Å²) in [5, 5.41) is 8.06. The summed E-state index contributed by atoms with van der Waals surface area (Å²) < 4.78 is 5.40. The SMILES string of the molecule is Nc1nc(NC2CCCCC2)c2cc(-c3ccc(NCCN4CCOCC4)nc3)ccc2n1. The molecule has 1 aromatic carbocycles. The van der Waals surface area contributed by atoms with Crippen molar-refractivity contribution in [2.45, 2.75) is 38.1 Å². The fourth-order valence-electron chi connectivity index (χ4n) is 4.71. The lowest BCUT2D eigenvalue weighted by molar-refractivity contribution is 0.0398. The Labute approximate surface area is 195 Å². The molecule has 0 bridgehead atoms. The van der Waals surface area contributed by atoms with Gasteiger partial charge >= 0.3 is 0 Å². The molecule has 0 radical (unpaired) electrons. The van der Waals surface area contributed by atoms with Gasteiger partial charge in [-0.2, -0.15) is 4.98 Å². The van der Waals surface area contributed by atoms with Gasteiger partial charge in [0, 0.05) is 49.4 Å². The Morgan fingerprint density at radius 1 is 1.00 bits per heavy atom. The van der Waals surface area contributed by atoms with E-state index in [1.54, 1.807) is 0 Å². The zero-order valence-electron chi connectivity index (χ0n) is 19.1. The Balaban J connectivity index is 1.29. The van der Waals surface area contributed by atoms with Crippen LogP contribution in [0.3, 0.4) is 0 Å². The number of nitrogens with one attached hydrogen (secondary N) is 2. The fourth-order valence-corrected chi connectivity index (χ4v) is 4.71. The van der Waals surface area contributed by atoms with E-state index >= 15 is 0 Å². The molecule has 3 aromatic rings. The van der Waals surface area contributed by atoms with Crippen LogP contribution >= 0.6 is 0 Å². The lowest BCUT2D eigenvalue weighted by Gasteiger charge is -2.26. The zero-order valence-corrected chi connectivity index (χ0v) is 19.1. The van der Waals surface area contributed by atoms with Crippen LogP contribution < -0.4 is 16.4 Å². The number of hydrogen-bond acceptors (Lipinski definition) is 8. The molecular formula is C25H33N7O. The molecule has 1 saturated carbocycles. The first-order valence-corrected chi connectivity index (χ1v) is 12.1. The maximum absolute atomic E-state index is 5.99. The van der Waals surface area contributed by atoms with Crippen LogP contribution in [0.5, 0.6) is 0 Å². The molecule has 8 nitrogen and oxygen atoms in total. The number of nitrogens with zero attached hydrogens (tertiary/aromatic N) is 4. The number of morpholine rings is 1. The number of rotatable bonds is 7. The lowest BCUT2D eigenvalue weighted by atomic mass is 9.95. The van der Waals surface area contributed by atoms with Crippen molar-refractivity contribution in [3.8, 4) is 11.1 Å². The Morgan fingerprint density at radius 2 is 1.82 bits per heavy atom. The average Bonchev–Trinajstić information content (AvgIpc) is 2.86. The van der Waals surface area contributed by atoms with Crippen LogP contribution in [-0.4, -0.2) is 65.3 Å². The second-order valence-corrected chi connectivity index (χ2v) is 8.95. The van der Waals surface area contributed by atoms with Gasteiger partial charge in [0.15, 0.2) is 0 Å². The summed E-state index contributed by atoms with van der Waals surface area (Å²) in [5.41, 5.74) is 9.01. The van der Waals surface area contributed by atoms with Crippen molar-refractivity contribution in [1.82, 2.24) is 19.9 Å². The zero-order chi connectivity index (χ0) is 22.5. The second kappa shape index (κ2) is 10.3. The van der Waals surface area contributed by atoms with E-state index in [2.05, 4.69) is 48.7 Å². The highest BCUT2D eigenvalue weighted by molar-refractivity contribution is 5.93. The maximum atomic E-state index is 5.99. The molecule has 0 spiro atoms. The number of nitrogen functional groups attached to an aromatic ring is 1. The molecule has 0 unspecified atom stereocenters. The number of anilines is 3. The van der Waals surface area contributed by atoms with Crippen LogP contribution in [0.2, 0.25) is 0 Å². The van der Waals surface area contributed by atoms with E-state index in [-0.39, 0.29) is 0 Å². The van der Waals surface area contributed by atoms with Crippen molar-refractivity contribution < 1.29 is 4.74 Å². The molecule has 8 heteroatoms. The maximum Gasteiger partial charge on any atom is 0.222 e. The van der Waals surface area contributed by atoms with Crippen LogP contribution in [0.4, 0.5) is 17.6 Å². The highest BCUT2D eigenvalue weighted by atomic mass is 16.5. The topological polar surface area (TPSA) is 101 Å². The Hall–Kier alpha value is -2.97. The van der Waals surface area contributed by atoms with E-state index in [1.807, 2.05) is 18.3 Å². The van der Waals surface area contributed by atoms with Gasteiger partial charge in [-0.15, -0.1) is 0 Å². The first-order valence-electron chi connectivity index (χ1n) is 12.1.